The van der Waals surface area contributed by atoms with Gasteiger partial charge >= 0.3 is 0 Å². The fourth-order valence-electron chi connectivity index (χ4n) is 1.76. The molecule has 2 aromatic rings. The van der Waals surface area contributed by atoms with Gasteiger partial charge in [-0.25, -0.2) is 4.98 Å². The van der Waals surface area contributed by atoms with Gasteiger partial charge in [0.15, 0.2) is 0 Å². The number of aryl methyl sites for hydroxylation is 1. The van der Waals surface area contributed by atoms with E-state index in [1.54, 1.807) is 12.4 Å². The molecule has 0 amide bonds. The van der Waals surface area contributed by atoms with Crippen molar-refractivity contribution in [3.63, 3.8) is 0 Å². The van der Waals surface area contributed by atoms with Crippen LogP contribution < -0.4 is 0 Å². The van der Waals surface area contributed by atoms with Gasteiger partial charge in [0.05, 0.1) is 5.69 Å². The first-order valence-corrected chi connectivity index (χ1v) is 5.77. The van der Waals surface area contributed by atoms with Crippen LogP contribution in [0.4, 0.5) is 0 Å². The summed E-state index contributed by atoms with van der Waals surface area (Å²) in [7, 11) is 4.14. The van der Waals surface area contributed by atoms with E-state index >= 15 is 0 Å². The molecule has 0 bridgehead atoms. The van der Waals surface area contributed by atoms with Crippen molar-refractivity contribution in [2.24, 2.45) is 0 Å². The summed E-state index contributed by atoms with van der Waals surface area (Å²) in [6.45, 7) is 3.06. The highest BCUT2D eigenvalue weighted by Crippen LogP contribution is 2.20. The predicted molar refractivity (Wildman–Crippen MR) is 68.8 cm³/mol. The zero-order valence-electron chi connectivity index (χ0n) is 10.6. The van der Waals surface area contributed by atoms with Gasteiger partial charge in [-0.3, -0.25) is 4.98 Å². The number of hydrogen-bond donors (Lipinski definition) is 1. The molecular weight excluding hydrogens is 212 g/mol. The third kappa shape index (κ3) is 2.91. The average molecular weight is 230 g/mol. The molecule has 4 nitrogen and oxygen atoms in total. The molecule has 0 radical (unpaired) electrons. The van der Waals surface area contributed by atoms with E-state index in [0.717, 1.165) is 35.7 Å². The lowest BCUT2D eigenvalue weighted by molar-refractivity contribution is 0.410. The van der Waals surface area contributed by atoms with Crippen molar-refractivity contribution < 1.29 is 0 Å². The van der Waals surface area contributed by atoms with Gasteiger partial charge in [0.1, 0.15) is 5.82 Å². The Hall–Kier alpha value is -1.68. The van der Waals surface area contributed by atoms with E-state index in [-0.39, 0.29) is 0 Å². The lowest BCUT2D eigenvalue weighted by atomic mass is 10.2. The Labute approximate surface area is 102 Å². The van der Waals surface area contributed by atoms with Crippen molar-refractivity contribution in [1.29, 1.82) is 0 Å². The molecular formula is C13H18N4. The number of aromatic amines is 1. The lowest BCUT2D eigenvalue weighted by Crippen LogP contribution is -2.15. The number of hydrogen-bond acceptors (Lipinski definition) is 3. The highest BCUT2D eigenvalue weighted by Gasteiger charge is 2.08. The molecule has 0 aromatic carbocycles. The maximum atomic E-state index is 4.64. The molecule has 0 saturated heterocycles. The van der Waals surface area contributed by atoms with Crippen LogP contribution in [0, 0.1) is 6.92 Å². The SMILES string of the molecule is Cc1[nH]c(CCN(C)C)nc1-c1ccncc1. The van der Waals surface area contributed by atoms with Crippen molar-refractivity contribution in [3.05, 3.63) is 36.0 Å². The van der Waals surface area contributed by atoms with Crippen LogP contribution in [0.25, 0.3) is 11.3 Å². The van der Waals surface area contributed by atoms with E-state index in [4.69, 9.17) is 0 Å². The van der Waals surface area contributed by atoms with Gasteiger partial charge in [-0.2, -0.15) is 0 Å². The topological polar surface area (TPSA) is 44.8 Å². The molecule has 0 fully saturated rings. The molecule has 4 heteroatoms. The smallest absolute Gasteiger partial charge is 0.108 e. The van der Waals surface area contributed by atoms with Crippen molar-refractivity contribution in [2.75, 3.05) is 20.6 Å². The van der Waals surface area contributed by atoms with Crippen LogP contribution in [0.5, 0.6) is 0 Å². The fraction of sp³-hybridized carbons (Fsp3) is 0.385. The summed E-state index contributed by atoms with van der Waals surface area (Å²) in [4.78, 5) is 14.2. The Morgan fingerprint density at radius 2 is 1.94 bits per heavy atom. The van der Waals surface area contributed by atoms with E-state index in [1.807, 2.05) is 12.1 Å². The van der Waals surface area contributed by atoms with E-state index in [1.165, 1.54) is 0 Å². The van der Waals surface area contributed by atoms with Gasteiger partial charge in [0.25, 0.3) is 0 Å². The third-order valence-corrected chi connectivity index (χ3v) is 2.68. The molecule has 0 unspecified atom stereocenters. The molecule has 0 aliphatic rings. The van der Waals surface area contributed by atoms with Crippen LogP contribution in [0.15, 0.2) is 24.5 Å². The van der Waals surface area contributed by atoms with E-state index in [0.29, 0.717) is 0 Å². The first kappa shape index (κ1) is 11.8. The van der Waals surface area contributed by atoms with Crippen LogP contribution in [0.2, 0.25) is 0 Å². The lowest BCUT2D eigenvalue weighted by Gasteiger charge is -2.06. The number of pyridine rings is 1. The highest BCUT2D eigenvalue weighted by atomic mass is 15.1. The second kappa shape index (κ2) is 5.10. The number of imidazole rings is 1. The largest absolute Gasteiger partial charge is 0.346 e. The van der Waals surface area contributed by atoms with Gasteiger partial charge in [0, 0.05) is 36.6 Å². The molecule has 0 aliphatic heterocycles. The molecule has 17 heavy (non-hydrogen) atoms. The van der Waals surface area contributed by atoms with Crippen LogP contribution >= 0.6 is 0 Å². The van der Waals surface area contributed by atoms with Gasteiger partial charge in [-0.05, 0) is 33.2 Å². The quantitative estimate of drug-likeness (QED) is 0.872. The molecule has 0 aliphatic carbocycles. The summed E-state index contributed by atoms with van der Waals surface area (Å²) in [6.07, 6.45) is 4.53. The summed E-state index contributed by atoms with van der Waals surface area (Å²) in [5.74, 6) is 1.04. The van der Waals surface area contributed by atoms with Crippen molar-refractivity contribution in [3.8, 4) is 11.3 Å². The molecule has 2 rings (SSSR count). The van der Waals surface area contributed by atoms with E-state index < -0.39 is 0 Å². The normalized spacial score (nSPS) is 11.1. The van der Waals surface area contributed by atoms with Crippen molar-refractivity contribution in [2.45, 2.75) is 13.3 Å². The minimum absolute atomic E-state index is 0.943. The minimum atomic E-state index is 0.943. The van der Waals surface area contributed by atoms with Crippen molar-refractivity contribution >= 4 is 0 Å². The van der Waals surface area contributed by atoms with Crippen LogP contribution in [-0.4, -0.2) is 40.5 Å². The summed E-state index contributed by atoms with van der Waals surface area (Å²) >= 11 is 0. The Kier molecular flexibility index (Phi) is 3.54. The Morgan fingerprint density at radius 3 is 2.59 bits per heavy atom. The molecule has 0 saturated carbocycles. The van der Waals surface area contributed by atoms with Crippen LogP contribution in [0.3, 0.4) is 0 Å². The molecule has 90 valence electrons. The third-order valence-electron chi connectivity index (χ3n) is 2.68. The number of nitrogens with one attached hydrogen (secondary N) is 1. The Bertz CT molecular complexity index is 473. The van der Waals surface area contributed by atoms with Gasteiger partial charge < -0.3 is 9.88 Å². The van der Waals surface area contributed by atoms with E-state index in [9.17, 15) is 0 Å². The molecule has 1 N–H and O–H groups in total. The number of rotatable bonds is 4. The first-order valence-electron chi connectivity index (χ1n) is 5.77. The molecule has 2 aromatic heterocycles. The molecule has 0 spiro atoms. The second-order valence-corrected chi connectivity index (χ2v) is 4.45. The zero-order chi connectivity index (χ0) is 12.3. The highest BCUT2D eigenvalue weighted by molar-refractivity contribution is 5.61. The van der Waals surface area contributed by atoms with E-state index in [2.05, 4.69) is 40.9 Å². The first-order chi connectivity index (χ1) is 8.16. The summed E-state index contributed by atoms with van der Waals surface area (Å²) in [6, 6.07) is 3.97. The second-order valence-electron chi connectivity index (χ2n) is 4.45. The fourth-order valence-corrected chi connectivity index (χ4v) is 1.76. The van der Waals surface area contributed by atoms with Crippen LogP contribution in [-0.2, 0) is 6.42 Å². The van der Waals surface area contributed by atoms with Crippen molar-refractivity contribution in [1.82, 2.24) is 19.9 Å². The number of likely N-dealkylation sites (N-methyl/N-ethyl adjacent to an activating group) is 1. The minimum Gasteiger partial charge on any atom is -0.346 e. The monoisotopic (exact) mass is 230 g/mol. The molecule has 0 atom stereocenters. The maximum absolute atomic E-state index is 4.64. The summed E-state index contributed by atoms with van der Waals surface area (Å²) in [5, 5.41) is 0. The van der Waals surface area contributed by atoms with Gasteiger partial charge in [-0.1, -0.05) is 0 Å². The molecule has 2 heterocycles. The summed E-state index contributed by atoms with van der Waals surface area (Å²) < 4.78 is 0. The predicted octanol–water partition coefficient (Wildman–Crippen LogP) is 1.88. The Morgan fingerprint density at radius 1 is 1.24 bits per heavy atom. The number of nitrogens with zero attached hydrogens (tertiary/aromatic N) is 3. The average Bonchev–Trinajstić information content (AvgIpc) is 2.69. The van der Waals surface area contributed by atoms with Gasteiger partial charge in [-0.15, -0.1) is 0 Å². The number of H-pyrrole nitrogens is 1. The van der Waals surface area contributed by atoms with Crippen LogP contribution in [0.1, 0.15) is 11.5 Å². The van der Waals surface area contributed by atoms with Gasteiger partial charge in [0.2, 0.25) is 0 Å². The standard InChI is InChI=1S/C13H18N4/c1-10-13(11-4-7-14-8-5-11)16-12(15-10)6-9-17(2)3/h4-5,7-8H,6,9H2,1-3H3,(H,15,16). The maximum Gasteiger partial charge on any atom is 0.108 e. The zero-order valence-corrected chi connectivity index (χ0v) is 10.6. The Balaban J connectivity index is 2.20. The summed E-state index contributed by atoms with van der Waals surface area (Å²) in [5.41, 5.74) is 3.26. The number of aromatic nitrogens is 3.